The summed E-state index contributed by atoms with van der Waals surface area (Å²) in [5, 5.41) is 15.8. The Morgan fingerprint density at radius 3 is 1.72 bits per heavy atom. The lowest BCUT2D eigenvalue weighted by Crippen LogP contribution is -2.42. The van der Waals surface area contributed by atoms with Gasteiger partial charge in [-0.2, -0.15) is 0 Å². The van der Waals surface area contributed by atoms with Gasteiger partial charge < -0.3 is 30.3 Å². The summed E-state index contributed by atoms with van der Waals surface area (Å²) in [6.45, 7) is 19.3. The van der Waals surface area contributed by atoms with E-state index in [1.165, 1.54) is 22.7 Å². The number of aromatic nitrogens is 2. The maximum absolute atomic E-state index is 12.4. The number of ether oxygens (including phenoxy) is 2. The van der Waals surface area contributed by atoms with Gasteiger partial charge in [0.1, 0.15) is 11.5 Å². The summed E-state index contributed by atoms with van der Waals surface area (Å²) < 4.78 is 11.7. The molecule has 3 heterocycles. The Kier molecular flexibility index (Phi) is 16.3. The van der Waals surface area contributed by atoms with Gasteiger partial charge in [-0.05, 0) is 75.2 Å². The topological polar surface area (TPSA) is 145 Å². The van der Waals surface area contributed by atoms with Gasteiger partial charge in [0.15, 0.2) is 10.3 Å². The van der Waals surface area contributed by atoms with E-state index in [0.29, 0.717) is 58.2 Å². The Labute approximate surface area is 321 Å². The van der Waals surface area contributed by atoms with Crippen LogP contribution >= 0.6 is 22.7 Å². The Hall–Kier alpha value is -4.28. The lowest BCUT2D eigenvalue weighted by Gasteiger charge is -2.26. The summed E-state index contributed by atoms with van der Waals surface area (Å²) in [4.78, 5) is 39.9. The van der Waals surface area contributed by atoms with Crippen molar-refractivity contribution in [3.63, 3.8) is 0 Å². The van der Waals surface area contributed by atoms with Crippen LogP contribution in [0.4, 0.5) is 31.2 Å². The highest BCUT2D eigenvalue weighted by atomic mass is 32.1. The van der Waals surface area contributed by atoms with Gasteiger partial charge in [0.25, 0.3) is 0 Å². The van der Waals surface area contributed by atoms with Gasteiger partial charge in [-0.3, -0.25) is 15.5 Å². The Bertz CT molecular complexity index is 1750. The molecule has 0 bridgehead atoms. The van der Waals surface area contributed by atoms with Crippen LogP contribution in [0.5, 0.6) is 11.5 Å². The Morgan fingerprint density at radius 2 is 1.25 bits per heavy atom. The molecule has 1 fully saturated rings. The smallest absolute Gasteiger partial charge is 0.325 e. The fourth-order valence-corrected chi connectivity index (χ4v) is 6.77. The number of hydrogen-bond acceptors (Lipinski definition) is 11. The molecule has 0 unspecified atom stereocenters. The lowest BCUT2D eigenvalue weighted by molar-refractivity contribution is 0.235. The Balaban J connectivity index is 0.000000238. The zero-order valence-electron chi connectivity index (χ0n) is 32.2. The summed E-state index contributed by atoms with van der Waals surface area (Å²) in [5.41, 5.74) is 3.47. The summed E-state index contributed by atoms with van der Waals surface area (Å²) in [7, 11) is 3.99. The third-order valence-corrected chi connectivity index (χ3v) is 9.32. The highest BCUT2D eigenvalue weighted by Gasteiger charge is 2.15. The highest BCUT2D eigenvalue weighted by Crippen LogP contribution is 2.28. The van der Waals surface area contributed by atoms with Crippen LogP contribution in [0, 0.1) is 25.7 Å². The highest BCUT2D eigenvalue weighted by molar-refractivity contribution is 7.16. The molecule has 1 aliphatic heterocycles. The standard InChI is InChI=1S/C20H29N5O2S.C18H26N4O2S/c1-14(2)13-27-18-10-15(3)4-5-17(18)23-19(26)24-20-22-11-16(28-20)12-25-8-6-21-7-9-25;1-12(2)11-24-16-8-13(3)6-7-15(16)20-17(23)21-18-19-9-14(25-18)10-22(4)5/h4-5,10-11,14,21H,6-9,12-13H2,1-3H3,(H2,22,23,24,26);6-9,12H,10-11H2,1-5H3,(H2,19,20,21,23). The maximum Gasteiger partial charge on any atom is 0.325 e. The van der Waals surface area contributed by atoms with Crippen molar-refractivity contribution in [1.82, 2.24) is 25.1 Å². The number of hydrogen-bond donors (Lipinski definition) is 5. The zero-order chi connectivity index (χ0) is 38.3. The largest absolute Gasteiger partial charge is 0.491 e. The van der Waals surface area contributed by atoms with Crippen molar-refractivity contribution in [3.8, 4) is 11.5 Å². The molecule has 0 spiro atoms. The van der Waals surface area contributed by atoms with Crippen LogP contribution in [0.15, 0.2) is 48.8 Å². The number of nitrogens with zero attached hydrogens (tertiary/aromatic N) is 4. The van der Waals surface area contributed by atoms with Gasteiger partial charge >= 0.3 is 12.1 Å². The van der Waals surface area contributed by atoms with Crippen LogP contribution in [0.1, 0.15) is 48.6 Å². The SMILES string of the molecule is Cc1ccc(NC(=O)Nc2ncc(CN(C)C)s2)c(OCC(C)C)c1.Cc1ccc(NC(=O)Nc2ncc(CN3CCNCC3)s2)c(OCC(C)C)c1. The van der Waals surface area contributed by atoms with Crippen molar-refractivity contribution in [2.75, 3.05) is 74.8 Å². The Morgan fingerprint density at radius 1 is 0.774 bits per heavy atom. The molecule has 288 valence electrons. The molecule has 0 aliphatic carbocycles. The molecule has 13 nitrogen and oxygen atoms in total. The number of aryl methyl sites for hydroxylation is 2. The number of benzene rings is 2. The van der Waals surface area contributed by atoms with Crippen LogP contribution in [0.2, 0.25) is 0 Å². The fourth-order valence-electron chi connectivity index (χ4n) is 5.00. The number of anilines is 4. The minimum atomic E-state index is -0.330. The van der Waals surface area contributed by atoms with E-state index in [0.717, 1.165) is 60.1 Å². The number of amides is 4. The molecule has 0 radical (unpaired) electrons. The molecule has 5 rings (SSSR count). The van der Waals surface area contributed by atoms with E-state index in [1.54, 1.807) is 6.20 Å². The molecule has 4 aromatic rings. The first-order valence-electron chi connectivity index (χ1n) is 17.9. The first-order valence-corrected chi connectivity index (χ1v) is 19.6. The molecule has 53 heavy (non-hydrogen) atoms. The first-order chi connectivity index (χ1) is 25.3. The summed E-state index contributed by atoms with van der Waals surface area (Å²) >= 11 is 2.97. The summed E-state index contributed by atoms with van der Waals surface area (Å²) in [6, 6.07) is 10.8. The van der Waals surface area contributed by atoms with Crippen LogP contribution in [0.25, 0.3) is 0 Å². The van der Waals surface area contributed by atoms with E-state index in [9.17, 15) is 9.59 Å². The van der Waals surface area contributed by atoms with Crippen LogP contribution in [-0.2, 0) is 13.1 Å². The van der Waals surface area contributed by atoms with Gasteiger partial charge in [0.2, 0.25) is 0 Å². The third kappa shape index (κ3) is 14.9. The van der Waals surface area contributed by atoms with Crippen molar-refractivity contribution in [3.05, 3.63) is 69.7 Å². The van der Waals surface area contributed by atoms with Gasteiger partial charge in [-0.25, -0.2) is 19.6 Å². The number of thiazole rings is 2. The summed E-state index contributed by atoms with van der Waals surface area (Å²) in [6.07, 6.45) is 3.62. The van der Waals surface area contributed by atoms with Gasteiger partial charge in [-0.15, -0.1) is 22.7 Å². The van der Waals surface area contributed by atoms with E-state index in [1.807, 2.05) is 70.5 Å². The van der Waals surface area contributed by atoms with Crippen LogP contribution < -0.4 is 36.1 Å². The van der Waals surface area contributed by atoms with Crippen molar-refractivity contribution in [1.29, 1.82) is 0 Å². The fraction of sp³-hybridized carbons (Fsp3) is 0.474. The monoisotopic (exact) mass is 765 g/mol. The van der Waals surface area contributed by atoms with Crippen molar-refractivity contribution in [2.24, 2.45) is 11.8 Å². The second kappa shape index (κ2) is 20.8. The van der Waals surface area contributed by atoms with E-state index in [2.05, 4.69) is 74.0 Å². The van der Waals surface area contributed by atoms with Gasteiger partial charge in [0, 0.05) is 61.4 Å². The minimum Gasteiger partial charge on any atom is -0.491 e. The number of piperazine rings is 1. The number of nitrogens with one attached hydrogen (secondary N) is 5. The molecule has 2 aromatic carbocycles. The van der Waals surface area contributed by atoms with E-state index in [-0.39, 0.29) is 12.1 Å². The normalized spacial score (nSPS) is 13.0. The van der Waals surface area contributed by atoms with Crippen molar-refractivity contribution >= 4 is 56.4 Å². The molecule has 5 N–H and O–H groups in total. The third-order valence-electron chi connectivity index (χ3n) is 7.52. The quantitative estimate of drug-likeness (QED) is 0.0871. The predicted octanol–water partition coefficient (Wildman–Crippen LogP) is 7.73. The molecular formula is C38H55N9O4S2. The van der Waals surface area contributed by atoms with Gasteiger partial charge in [-0.1, -0.05) is 39.8 Å². The molecule has 2 aromatic heterocycles. The van der Waals surface area contributed by atoms with Crippen molar-refractivity contribution < 1.29 is 19.1 Å². The summed E-state index contributed by atoms with van der Waals surface area (Å²) in [5.74, 6) is 2.18. The zero-order valence-corrected chi connectivity index (χ0v) is 33.8. The number of carbonyl (C=O) groups excluding carboxylic acids is 2. The second-order valence-electron chi connectivity index (χ2n) is 14.1. The molecule has 4 amide bonds. The lowest BCUT2D eigenvalue weighted by atomic mass is 10.2. The molecule has 1 saturated heterocycles. The number of urea groups is 2. The first kappa shape index (κ1) is 41.5. The maximum atomic E-state index is 12.4. The predicted molar refractivity (Wildman–Crippen MR) is 218 cm³/mol. The van der Waals surface area contributed by atoms with Crippen molar-refractivity contribution in [2.45, 2.75) is 54.6 Å². The van der Waals surface area contributed by atoms with Crippen LogP contribution in [0.3, 0.4) is 0 Å². The molecule has 0 saturated carbocycles. The molecular weight excluding hydrogens is 711 g/mol. The average Bonchev–Trinajstić information content (AvgIpc) is 3.73. The molecule has 1 aliphatic rings. The van der Waals surface area contributed by atoms with Gasteiger partial charge in [0.05, 0.1) is 24.6 Å². The van der Waals surface area contributed by atoms with Crippen LogP contribution in [-0.4, -0.2) is 85.3 Å². The number of carbonyl (C=O) groups is 2. The van der Waals surface area contributed by atoms with E-state index < -0.39 is 0 Å². The second-order valence-corrected chi connectivity index (χ2v) is 16.3. The van der Waals surface area contributed by atoms with E-state index in [4.69, 9.17) is 9.47 Å². The molecule has 15 heteroatoms. The minimum absolute atomic E-state index is 0.318. The molecule has 0 atom stereocenters. The average molecular weight is 766 g/mol. The van der Waals surface area contributed by atoms with E-state index >= 15 is 0 Å². The number of rotatable bonds is 14.